The van der Waals surface area contributed by atoms with E-state index in [4.69, 9.17) is 26.8 Å². The molecular formula is C17H25ClN2O3. The molecule has 0 saturated carbocycles. The van der Waals surface area contributed by atoms with Gasteiger partial charge < -0.3 is 20.1 Å². The van der Waals surface area contributed by atoms with Crippen LogP contribution in [0, 0.1) is 5.92 Å². The summed E-state index contributed by atoms with van der Waals surface area (Å²) >= 11 is 6.06. The molecule has 1 fully saturated rings. The maximum absolute atomic E-state index is 12.8. The molecule has 0 aliphatic carbocycles. The molecule has 6 heteroatoms. The number of hydrogen-bond acceptors (Lipinski definition) is 4. The molecule has 1 aromatic rings. The quantitative estimate of drug-likeness (QED) is 0.808. The van der Waals surface area contributed by atoms with Gasteiger partial charge in [-0.1, -0.05) is 11.6 Å². The highest BCUT2D eigenvalue weighted by Gasteiger charge is 2.27. The molecule has 1 aliphatic heterocycles. The van der Waals surface area contributed by atoms with Gasteiger partial charge in [-0.15, -0.1) is 0 Å². The zero-order chi connectivity index (χ0) is 16.8. The molecule has 1 aromatic carbocycles. The van der Waals surface area contributed by atoms with E-state index in [1.165, 1.54) is 0 Å². The fourth-order valence-electron chi connectivity index (χ4n) is 2.83. The van der Waals surface area contributed by atoms with Crippen molar-refractivity contribution < 1.29 is 14.3 Å². The minimum Gasteiger partial charge on any atom is -0.490 e. The van der Waals surface area contributed by atoms with Gasteiger partial charge in [0.15, 0.2) is 0 Å². The number of nitrogens with zero attached hydrogens (tertiary/aromatic N) is 1. The molecule has 0 aromatic heterocycles. The van der Waals surface area contributed by atoms with Crippen molar-refractivity contribution in [1.29, 1.82) is 0 Å². The first-order chi connectivity index (χ1) is 11.0. The number of carbonyl (C=O) groups is 1. The molecule has 1 amide bonds. The molecule has 0 bridgehead atoms. The van der Waals surface area contributed by atoms with Crippen LogP contribution in [-0.4, -0.2) is 50.3 Å². The number of likely N-dealkylation sites (tertiary alicyclic amines) is 1. The maximum Gasteiger partial charge on any atom is 0.257 e. The normalized spacial score (nSPS) is 17.1. The number of ether oxygens (including phenoxy) is 2. The van der Waals surface area contributed by atoms with E-state index >= 15 is 0 Å². The number of amides is 1. The van der Waals surface area contributed by atoms with Crippen molar-refractivity contribution in [2.75, 3.05) is 33.4 Å². The van der Waals surface area contributed by atoms with Crippen molar-refractivity contribution in [1.82, 2.24) is 4.90 Å². The van der Waals surface area contributed by atoms with Crippen molar-refractivity contribution in [2.45, 2.75) is 25.8 Å². The van der Waals surface area contributed by atoms with Crippen LogP contribution < -0.4 is 10.5 Å². The summed E-state index contributed by atoms with van der Waals surface area (Å²) in [4.78, 5) is 14.7. The van der Waals surface area contributed by atoms with E-state index in [0.717, 1.165) is 25.9 Å². The fourth-order valence-corrected chi connectivity index (χ4v) is 3.00. The second-order valence-electron chi connectivity index (χ2n) is 5.97. The molecule has 1 heterocycles. The minimum atomic E-state index is -0.0389. The number of hydrogen-bond donors (Lipinski definition) is 1. The van der Waals surface area contributed by atoms with E-state index in [1.54, 1.807) is 25.3 Å². The predicted molar refractivity (Wildman–Crippen MR) is 91.1 cm³/mol. The van der Waals surface area contributed by atoms with Gasteiger partial charge >= 0.3 is 0 Å². The maximum atomic E-state index is 12.8. The first-order valence-corrected chi connectivity index (χ1v) is 8.37. The zero-order valence-corrected chi connectivity index (χ0v) is 14.5. The number of carbonyl (C=O) groups excluding carboxylic acids is 1. The highest BCUT2D eigenvalue weighted by atomic mass is 35.5. The van der Waals surface area contributed by atoms with E-state index in [-0.39, 0.29) is 11.9 Å². The van der Waals surface area contributed by atoms with E-state index in [0.29, 0.717) is 35.5 Å². The molecule has 1 atom stereocenters. The summed E-state index contributed by atoms with van der Waals surface area (Å²) in [7, 11) is 1.61. The third kappa shape index (κ3) is 4.83. The summed E-state index contributed by atoms with van der Waals surface area (Å²) in [5, 5.41) is 0.526. The lowest BCUT2D eigenvalue weighted by atomic mass is 9.90. The highest BCUT2D eigenvalue weighted by Crippen LogP contribution is 2.27. The Labute approximate surface area is 142 Å². The lowest BCUT2D eigenvalue weighted by Crippen LogP contribution is -2.42. The third-order valence-electron chi connectivity index (χ3n) is 4.29. The number of piperidine rings is 1. The number of halogens is 1. The van der Waals surface area contributed by atoms with Crippen LogP contribution >= 0.6 is 11.6 Å². The SMILES string of the molecule is COCCOc1ccc(Cl)cc1C(=O)N1CCC(C(C)N)CC1. The van der Waals surface area contributed by atoms with Crippen LogP contribution in [0.15, 0.2) is 18.2 Å². The summed E-state index contributed by atoms with van der Waals surface area (Å²) in [6.45, 7) is 4.33. The zero-order valence-electron chi connectivity index (χ0n) is 13.8. The molecule has 2 rings (SSSR count). The van der Waals surface area contributed by atoms with Crippen LogP contribution in [0.1, 0.15) is 30.1 Å². The van der Waals surface area contributed by atoms with Crippen molar-refractivity contribution in [3.63, 3.8) is 0 Å². The van der Waals surface area contributed by atoms with Crippen LogP contribution in [0.5, 0.6) is 5.75 Å². The van der Waals surface area contributed by atoms with Crippen molar-refractivity contribution >= 4 is 17.5 Å². The van der Waals surface area contributed by atoms with Gasteiger partial charge in [0, 0.05) is 31.3 Å². The van der Waals surface area contributed by atoms with Crippen LogP contribution in [0.4, 0.5) is 0 Å². The first-order valence-electron chi connectivity index (χ1n) is 7.99. The van der Waals surface area contributed by atoms with Crippen LogP contribution in [0.25, 0.3) is 0 Å². The second kappa shape index (κ2) is 8.52. The monoisotopic (exact) mass is 340 g/mol. The average molecular weight is 341 g/mol. The summed E-state index contributed by atoms with van der Waals surface area (Å²) in [6.07, 6.45) is 1.87. The largest absolute Gasteiger partial charge is 0.490 e. The van der Waals surface area contributed by atoms with Gasteiger partial charge in [0.1, 0.15) is 12.4 Å². The molecule has 1 aliphatic rings. The van der Waals surface area contributed by atoms with Gasteiger partial charge in [-0.2, -0.15) is 0 Å². The Kier molecular flexibility index (Phi) is 6.69. The highest BCUT2D eigenvalue weighted by molar-refractivity contribution is 6.31. The Bertz CT molecular complexity index is 529. The average Bonchev–Trinajstić information content (AvgIpc) is 2.55. The minimum absolute atomic E-state index is 0.0389. The fraction of sp³-hybridized carbons (Fsp3) is 0.588. The number of benzene rings is 1. The lowest BCUT2D eigenvalue weighted by molar-refractivity contribution is 0.0674. The Morgan fingerprint density at radius 1 is 1.39 bits per heavy atom. The second-order valence-corrected chi connectivity index (χ2v) is 6.41. The number of nitrogens with two attached hydrogens (primary N) is 1. The molecule has 5 nitrogen and oxygen atoms in total. The van der Waals surface area contributed by atoms with Crippen molar-refractivity contribution in [3.8, 4) is 5.75 Å². The van der Waals surface area contributed by atoms with E-state index in [2.05, 4.69) is 0 Å². The molecule has 23 heavy (non-hydrogen) atoms. The predicted octanol–water partition coefficient (Wildman–Crippen LogP) is 2.56. The topological polar surface area (TPSA) is 64.8 Å². The summed E-state index contributed by atoms with van der Waals surface area (Å²) in [5.74, 6) is 0.990. The van der Waals surface area contributed by atoms with Gasteiger partial charge in [0.25, 0.3) is 5.91 Å². The smallest absolute Gasteiger partial charge is 0.257 e. The summed E-state index contributed by atoms with van der Waals surface area (Å²) in [6, 6.07) is 5.30. The summed E-state index contributed by atoms with van der Waals surface area (Å²) in [5.41, 5.74) is 6.47. The standard InChI is InChI=1S/C17H25ClN2O3/c1-12(19)13-5-7-20(8-6-13)17(21)15-11-14(18)3-4-16(15)23-10-9-22-2/h3-4,11-13H,5-10,19H2,1-2H3. The lowest BCUT2D eigenvalue weighted by Gasteiger charge is -2.34. The molecule has 1 unspecified atom stereocenters. The van der Waals surface area contributed by atoms with E-state index in [1.807, 2.05) is 11.8 Å². The summed E-state index contributed by atoms with van der Waals surface area (Å²) < 4.78 is 10.6. The van der Waals surface area contributed by atoms with Gasteiger partial charge in [-0.05, 0) is 43.9 Å². The van der Waals surface area contributed by atoms with Gasteiger partial charge in [-0.3, -0.25) is 4.79 Å². The van der Waals surface area contributed by atoms with Crippen molar-refractivity contribution in [3.05, 3.63) is 28.8 Å². The van der Waals surface area contributed by atoms with Gasteiger partial charge in [0.05, 0.1) is 12.2 Å². The first kappa shape index (κ1) is 18.0. The molecule has 2 N–H and O–H groups in total. The van der Waals surface area contributed by atoms with Crippen LogP contribution in [0.3, 0.4) is 0 Å². The number of methoxy groups -OCH3 is 1. The van der Waals surface area contributed by atoms with Gasteiger partial charge in [0.2, 0.25) is 0 Å². The van der Waals surface area contributed by atoms with Crippen LogP contribution in [-0.2, 0) is 4.74 Å². The number of rotatable bonds is 6. The molecule has 128 valence electrons. The van der Waals surface area contributed by atoms with Gasteiger partial charge in [-0.25, -0.2) is 0 Å². The Balaban J connectivity index is 2.07. The Morgan fingerprint density at radius 3 is 2.70 bits per heavy atom. The van der Waals surface area contributed by atoms with Crippen LogP contribution in [0.2, 0.25) is 5.02 Å². The van der Waals surface area contributed by atoms with E-state index < -0.39 is 0 Å². The third-order valence-corrected chi connectivity index (χ3v) is 4.52. The molecule has 0 spiro atoms. The Morgan fingerprint density at radius 2 is 2.09 bits per heavy atom. The molecular weight excluding hydrogens is 316 g/mol. The molecule has 0 radical (unpaired) electrons. The van der Waals surface area contributed by atoms with E-state index in [9.17, 15) is 4.79 Å². The van der Waals surface area contributed by atoms with Crippen molar-refractivity contribution in [2.24, 2.45) is 11.7 Å². The Hall–Kier alpha value is -1.30. The molecule has 1 saturated heterocycles.